The number of ether oxygens (including phenoxy) is 2. The molecule has 0 fully saturated rings. The summed E-state index contributed by atoms with van der Waals surface area (Å²) in [5, 5.41) is 0. The largest absolute Gasteiger partial charge is 0.468 e. The summed E-state index contributed by atoms with van der Waals surface area (Å²) in [5.74, 6) is -1.18. The first kappa shape index (κ1) is 17.2. The summed E-state index contributed by atoms with van der Waals surface area (Å²) in [6, 6.07) is 0. The van der Waals surface area contributed by atoms with E-state index in [9.17, 15) is 9.59 Å². The molecule has 4 heteroatoms. The Morgan fingerprint density at radius 2 is 1.74 bits per heavy atom. The molecule has 0 bridgehead atoms. The zero-order valence-corrected chi connectivity index (χ0v) is 12.1. The molecule has 0 N–H and O–H groups in total. The van der Waals surface area contributed by atoms with Crippen LogP contribution in [-0.4, -0.2) is 26.2 Å². The van der Waals surface area contributed by atoms with Crippen LogP contribution in [0.15, 0.2) is 30.0 Å². The van der Waals surface area contributed by atoms with Crippen LogP contribution >= 0.6 is 0 Å². The minimum atomic E-state index is -1.32. The van der Waals surface area contributed by atoms with Crippen molar-refractivity contribution < 1.29 is 19.1 Å². The number of allylic oxidation sites excluding steroid dienone is 2. The first-order valence-corrected chi connectivity index (χ1v) is 6.10. The molecule has 0 saturated carbocycles. The Labute approximate surface area is 114 Å². The van der Waals surface area contributed by atoms with E-state index in [0.29, 0.717) is 12.8 Å². The maximum atomic E-state index is 12.0. The molecule has 4 nitrogen and oxygen atoms in total. The molecule has 0 heterocycles. The van der Waals surface area contributed by atoms with Gasteiger partial charge in [-0.1, -0.05) is 6.08 Å². The zero-order chi connectivity index (χ0) is 14.9. The second-order valence-electron chi connectivity index (χ2n) is 4.45. The molecule has 0 aliphatic heterocycles. The quantitative estimate of drug-likeness (QED) is 0.308. The van der Waals surface area contributed by atoms with E-state index in [2.05, 4.69) is 12.3 Å². The van der Waals surface area contributed by atoms with Gasteiger partial charge in [0, 0.05) is 0 Å². The van der Waals surface area contributed by atoms with Gasteiger partial charge in [-0.3, -0.25) is 9.59 Å². The van der Waals surface area contributed by atoms with Crippen molar-refractivity contribution in [2.75, 3.05) is 14.2 Å². The number of rotatable bonds is 7. The van der Waals surface area contributed by atoms with Gasteiger partial charge < -0.3 is 9.47 Å². The highest BCUT2D eigenvalue weighted by molar-refractivity contribution is 6.00. The smallest absolute Gasteiger partial charge is 0.323 e. The van der Waals surface area contributed by atoms with Crippen molar-refractivity contribution in [2.45, 2.75) is 33.1 Å². The minimum absolute atomic E-state index is 0.200. The fourth-order valence-corrected chi connectivity index (χ4v) is 1.72. The molecule has 0 aromatic rings. The first-order valence-electron chi connectivity index (χ1n) is 6.10. The lowest BCUT2D eigenvalue weighted by atomic mass is 9.79. The lowest BCUT2D eigenvalue weighted by molar-refractivity contribution is -0.169. The molecule has 0 aromatic carbocycles. The summed E-state index contributed by atoms with van der Waals surface area (Å²) in [5.41, 5.74) is 2.63. The second-order valence-corrected chi connectivity index (χ2v) is 4.45. The third-order valence-electron chi connectivity index (χ3n) is 2.77. The third-order valence-corrected chi connectivity index (χ3v) is 2.77. The highest BCUT2D eigenvalue weighted by Crippen LogP contribution is 2.32. The van der Waals surface area contributed by atoms with E-state index in [0.717, 1.165) is 5.57 Å². The van der Waals surface area contributed by atoms with E-state index in [1.165, 1.54) is 14.2 Å². The number of hydrogen-bond acceptors (Lipinski definition) is 4. The van der Waals surface area contributed by atoms with Gasteiger partial charge in [0.25, 0.3) is 0 Å². The Bertz CT molecular complexity index is 380. The summed E-state index contributed by atoms with van der Waals surface area (Å²) in [4.78, 5) is 24.0. The molecule has 0 rings (SSSR count). The van der Waals surface area contributed by atoms with Gasteiger partial charge in [0.1, 0.15) is 0 Å². The van der Waals surface area contributed by atoms with Crippen LogP contribution in [0.1, 0.15) is 33.1 Å². The van der Waals surface area contributed by atoms with Crippen LogP contribution < -0.4 is 0 Å². The second kappa shape index (κ2) is 8.33. The van der Waals surface area contributed by atoms with E-state index >= 15 is 0 Å². The lowest BCUT2D eigenvalue weighted by Crippen LogP contribution is -2.40. The van der Waals surface area contributed by atoms with Gasteiger partial charge in [0.2, 0.25) is 0 Å². The summed E-state index contributed by atoms with van der Waals surface area (Å²) in [6.45, 7) is 7.38. The highest BCUT2D eigenvalue weighted by Gasteiger charge is 2.46. The molecule has 0 aliphatic carbocycles. The molecule has 19 heavy (non-hydrogen) atoms. The van der Waals surface area contributed by atoms with E-state index in [1.807, 2.05) is 13.8 Å². The van der Waals surface area contributed by atoms with Crippen LogP contribution in [0, 0.1) is 5.41 Å². The van der Waals surface area contributed by atoms with Crippen molar-refractivity contribution in [2.24, 2.45) is 5.41 Å². The molecule has 0 atom stereocenters. The maximum absolute atomic E-state index is 12.0. The zero-order valence-electron chi connectivity index (χ0n) is 12.1. The SMILES string of the molecule is C=CCCC(CC=C=C(C)C)(C(=O)OC)C(=O)OC. The van der Waals surface area contributed by atoms with Gasteiger partial charge >= 0.3 is 11.9 Å². The summed E-state index contributed by atoms with van der Waals surface area (Å²) >= 11 is 0. The molecule has 106 valence electrons. The maximum Gasteiger partial charge on any atom is 0.323 e. The van der Waals surface area contributed by atoms with Crippen LogP contribution in [-0.2, 0) is 19.1 Å². The predicted molar refractivity (Wildman–Crippen MR) is 73.5 cm³/mol. The normalized spacial score (nSPS) is 10.1. The molecule has 0 spiro atoms. The van der Waals surface area contributed by atoms with Gasteiger partial charge in [-0.05, 0) is 44.8 Å². The van der Waals surface area contributed by atoms with Gasteiger partial charge in [-0.15, -0.1) is 12.3 Å². The van der Waals surface area contributed by atoms with Crippen molar-refractivity contribution in [1.82, 2.24) is 0 Å². The Hall–Kier alpha value is -1.80. The first-order chi connectivity index (χ1) is 8.94. The Morgan fingerprint density at radius 3 is 2.11 bits per heavy atom. The fraction of sp³-hybridized carbons (Fsp3) is 0.533. The van der Waals surface area contributed by atoms with E-state index in [1.54, 1.807) is 12.2 Å². The highest BCUT2D eigenvalue weighted by atomic mass is 16.5. The van der Waals surface area contributed by atoms with Gasteiger partial charge in [0.05, 0.1) is 14.2 Å². The van der Waals surface area contributed by atoms with Crippen LogP contribution in [0.25, 0.3) is 0 Å². The van der Waals surface area contributed by atoms with Crippen molar-refractivity contribution in [3.05, 3.63) is 30.0 Å². The molecule has 0 aromatic heterocycles. The van der Waals surface area contributed by atoms with Gasteiger partial charge in [0.15, 0.2) is 5.41 Å². The Kier molecular flexibility index (Phi) is 7.54. The van der Waals surface area contributed by atoms with E-state index in [-0.39, 0.29) is 6.42 Å². The molecule has 0 saturated heterocycles. The number of hydrogen-bond donors (Lipinski definition) is 0. The Morgan fingerprint density at radius 1 is 1.21 bits per heavy atom. The van der Waals surface area contributed by atoms with Crippen molar-refractivity contribution in [3.8, 4) is 0 Å². The van der Waals surface area contributed by atoms with Crippen LogP contribution in [0.3, 0.4) is 0 Å². The summed E-state index contributed by atoms with van der Waals surface area (Å²) in [6.07, 6.45) is 4.35. The Balaban J connectivity index is 5.47. The molecule has 0 amide bonds. The van der Waals surface area contributed by atoms with Crippen molar-refractivity contribution in [3.63, 3.8) is 0 Å². The number of esters is 2. The number of carbonyl (C=O) groups is 2. The molecule has 0 unspecified atom stereocenters. The molecular formula is C15H22O4. The van der Waals surface area contributed by atoms with E-state index < -0.39 is 17.4 Å². The average molecular weight is 266 g/mol. The number of carbonyl (C=O) groups excluding carboxylic acids is 2. The van der Waals surface area contributed by atoms with Crippen LogP contribution in [0.5, 0.6) is 0 Å². The third kappa shape index (κ3) is 4.76. The minimum Gasteiger partial charge on any atom is -0.468 e. The average Bonchev–Trinajstić information content (AvgIpc) is 2.40. The molecular weight excluding hydrogens is 244 g/mol. The van der Waals surface area contributed by atoms with Crippen LogP contribution in [0.4, 0.5) is 0 Å². The summed E-state index contributed by atoms with van der Waals surface area (Å²) in [7, 11) is 2.52. The number of methoxy groups -OCH3 is 2. The van der Waals surface area contributed by atoms with E-state index in [4.69, 9.17) is 9.47 Å². The monoisotopic (exact) mass is 266 g/mol. The van der Waals surface area contributed by atoms with Gasteiger partial charge in [-0.25, -0.2) is 0 Å². The lowest BCUT2D eigenvalue weighted by Gasteiger charge is -2.26. The topological polar surface area (TPSA) is 52.6 Å². The van der Waals surface area contributed by atoms with Gasteiger partial charge in [-0.2, -0.15) is 0 Å². The predicted octanol–water partition coefficient (Wildman–Crippen LogP) is 2.80. The molecule has 0 radical (unpaired) electrons. The summed E-state index contributed by atoms with van der Waals surface area (Å²) < 4.78 is 9.53. The van der Waals surface area contributed by atoms with Crippen LogP contribution in [0.2, 0.25) is 0 Å². The van der Waals surface area contributed by atoms with Crippen molar-refractivity contribution in [1.29, 1.82) is 0 Å². The van der Waals surface area contributed by atoms with Crippen molar-refractivity contribution >= 4 is 11.9 Å². The standard InChI is InChI=1S/C15H22O4/c1-6-7-10-15(13(16)18-4,14(17)19-5)11-8-9-12(2)3/h6,8H,1,7,10-11H2,2-5H3. The molecule has 0 aliphatic rings. The fourth-order valence-electron chi connectivity index (χ4n) is 1.72.